The van der Waals surface area contributed by atoms with Gasteiger partial charge < -0.3 is 15.1 Å². The zero-order valence-electron chi connectivity index (χ0n) is 17.1. The van der Waals surface area contributed by atoms with Crippen LogP contribution in [0.1, 0.15) is 25.3 Å². The largest absolute Gasteiger partial charge is 0.465 e. The zero-order chi connectivity index (χ0) is 22.4. The average Bonchev–Trinajstić information content (AvgIpc) is 2.86. The minimum Gasteiger partial charge on any atom is -0.465 e. The molecule has 0 radical (unpaired) electrons. The van der Waals surface area contributed by atoms with Gasteiger partial charge in [0.05, 0.1) is 17.3 Å². The minimum absolute atomic E-state index is 0.0763. The molecule has 1 spiro atoms. The molecule has 166 valence electrons. The summed E-state index contributed by atoms with van der Waals surface area (Å²) in [5.41, 5.74) is -0.342. The predicted octanol–water partition coefficient (Wildman–Crippen LogP) is 2.85. The van der Waals surface area contributed by atoms with Crippen molar-refractivity contribution in [3.05, 3.63) is 66.0 Å². The lowest BCUT2D eigenvalue weighted by Crippen LogP contribution is -2.61. The molecule has 2 saturated heterocycles. The molecule has 2 aliphatic heterocycles. The maximum absolute atomic E-state index is 14.0. The van der Waals surface area contributed by atoms with E-state index in [1.165, 1.54) is 23.1 Å². The highest BCUT2D eigenvalue weighted by Crippen LogP contribution is 2.48. The van der Waals surface area contributed by atoms with Crippen LogP contribution in [0.3, 0.4) is 0 Å². The maximum atomic E-state index is 14.0. The number of nitrogens with zero attached hydrogens (tertiary/aromatic N) is 2. The standard InChI is InChI=1S/C22H25FN2O5S/c1-15-14-22(10-11-24(15)21(27)28)20(26)19(12-16-6-3-2-4-7-16)31(29,30)25(22)18-9-5-8-17(23)13-18/h2-9,13,15,19-20,26H,10-12,14H2,1H3,(H,27,28)/t15-,19?,20?,22+/m0/s1. The van der Waals surface area contributed by atoms with Crippen molar-refractivity contribution in [2.45, 2.75) is 49.1 Å². The van der Waals surface area contributed by atoms with Crippen molar-refractivity contribution in [1.82, 2.24) is 4.90 Å². The van der Waals surface area contributed by atoms with E-state index in [0.29, 0.717) is 0 Å². The van der Waals surface area contributed by atoms with Gasteiger partial charge in [-0.05, 0) is 49.9 Å². The van der Waals surface area contributed by atoms with Gasteiger partial charge in [0.15, 0.2) is 0 Å². The fourth-order valence-electron chi connectivity index (χ4n) is 5.08. The van der Waals surface area contributed by atoms with E-state index in [9.17, 15) is 27.8 Å². The Morgan fingerprint density at radius 1 is 1.19 bits per heavy atom. The minimum atomic E-state index is -4.06. The van der Waals surface area contributed by atoms with E-state index in [2.05, 4.69) is 0 Å². The Balaban J connectivity index is 1.82. The summed E-state index contributed by atoms with van der Waals surface area (Å²) in [6.45, 7) is 1.77. The Bertz CT molecular complexity index is 1080. The van der Waals surface area contributed by atoms with Crippen molar-refractivity contribution >= 4 is 21.8 Å². The number of carboxylic acid groups (broad SMARTS) is 1. The third-order valence-electron chi connectivity index (χ3n) is 6.48. The molecule has 0 aliphatic carbocycles. The third kappa shape index (κ3) is 3.55. The highest BCUT2D eigenvalue weighted by atomic mass is 32.2. The molecule has 0 saturated carbocycles. The van der Waals surface area contributed by atoms with Gasteiger partial charge in [-0.2, -0.15) is 0 Å². The van der Waals surface area contributed by atoms with Crippen LogP contribution in [0, 0.1) is 5.82 Å². The van der Waals surface area contributed by atoms with Crippen molar-refractivity contribution < 1.29 is 27.8 Å². The second-order valence-electron chi connectivity index (χ2n) is 8.34. The molecule has 2 aliphatic rings. The van der Waals surface area contributed by atoms with E-state index in [1.807, 2.05) is 6.07 Å². The number of aliphatic hydroxyl groups excluding tert-OH is 1. The van der Waals surface area contributed by atoms with Crippen LogP contribution >= 0.6 is 0 Å². The number of rotatable bonds is 3. The van der Waals surface area contributed by atoms with Crippen molar-refractivity contribution in [2.75, 3.05) is 10.8 Å². The molecule has 0 bridgehead atoms. The zero-order valence-corrected chi connectivity index (χ0v) is 17.9. The maximum Gasteiger partial charge on any atom is 0.407 e. The molecule has 1 amide bonds. The first-order valence-electron chi connectivity index (χ1n) is 10.2. The van der Waals surface area contributed by atoms with E-state index in [0.717, 1.165) is 15.9 Å². The lowest BCUT2D eigenvalue weighted by molar-refractivity contribution is 0.0272. The average molecular weight is 449 g/mol. The van der Waals surface area contributed by atoms with Gasteiger partial charge in [0.25, 0.3) is 0 Å². The Morgan fingerprint density at radius 3 is 2.52 bits per heavy atom. The molecule has 2 unspecified atom stereocenters. The van der Waals surface area contributed by atoms with Crippen molar-refractivity contribution in [3.8, 4) is 0 Å². The summed E-state index contributed by atoms with van der Waals surface area (Å²) in [4.78, 5) is 12.8. The molecule has 31 heavy (non-hydrogen) atoms. The second kappa shape index (κ2) is 7.80. The summed E-state index contributed by atoms with van der Waals surface area (Å²) in [5, 5.41) is 19.8. The van der Waals surface area contributed by atoms with Crippen molar-refractivity contribution in [3.63, 3.8) is 0 Å². The number of halogens is 1. The quantitative estimate of drug-likeness (QED) is 0.753. The number of hydrogen-bond donors (Lipinski definition) is 2. The molecule has 9 heteroatoms. The normalized spacial score (nSPS) is 30.0. The van der Waals surface area contributed by atoms with Gasteiger partial charge in [-0.1, -0.05) is 36.4 Å². The van der Waals surface area contributed by atoms with Gasteiger partial charge >= 0.3 is 6.09 Å². The fourth-order valence-corrected chi connectivity index (χ4v) is 7.52. The first-order valence-corrected chi connectivity index (χ1v) is 11.7. The van der Waals surface area contributed by atoms with Crippen LogP contribution in [-0.2, 0) is 16.4 Å². The molecule has 7 nitrogen and oxygen atoms in total. The van der Waals surface area contributed by atoms with E-state index in [-0.39, 0.29) is 31.5 Å². The number of likely N-dealkylation sites (tertiary alicyclic amines) is 1. The SMILES string of the molecule is C[C@H]1C[C@]2(CCN1C(=O)O)C(O)C(Cc1ccccc1)S(=O)(=O)N2c1cccc(F)c1. The number of aliphatic hydroxyl groups is 1. The highest BCUT2D eigenvalue weighted by Gasteiger charge is 2.63. The molecule has 0 aromatic heterocycles. The smallest absolute Gasteiger partial charge is 0.407 e. The summed E-state index contributed by atoms with van der Waals surface area (Å²) in [7, 11) is -4.06. The number of carbonyl (C=O) groups is 1. The van der Waals surface area contributed by atoms with Gasteiger partial charge in [0.1, 0.15) is 11.1 Å². The molecule has 2 N–H and O–H groups in total. The van der Waals surface area contributed by atoms with Crippen LogP contribution in [0.2, 0.25) is 0 Å². The number of benzene rings is 2. The molecule has 2 aromatic rings. The van der Waals surface area contributed by atoms with E-state index >= 15 is 0 Å². The number of piperidine rings is 1. The first-order chi connectivity index (χ1) is 14.7. The van der Waals surface area contributed by atoms with E-state index in [1.54, 1.807) is 31.2 Å². The summed E-state index contributed by atoms with van der Waals surface area (Å²) < 4.78 is 42.7. The summed E-state index contributed by atoms with van der Waals surface area (Å²) in [6.07, 6.45) is -2.02. The van der Waals surface area contributed by atoms with Gasteiger partial charge in [0.2, 0.25) is 10.0 Å². The predicted molar refractivity (Wildman–Crippen MR) is 114 cm³/mol. The van der Waals surface area contributed by atoms with E-state index in [4.69, 9.17) is 0 Å². The number of sulfonamides is 1. The summed E-state index contributed by atoms with van der Waals surface area (Å²) >= 11 is 0. The van der Waals surface area contributed by atoms with Gasteiger partial charge in [-0.25, -0.2) is 17.6 Å². The Hall–Kier alpha value is -2.65. The molecule has 4 rings (SSSR count). The topological polar surface area (TPSA) is 98.1 Å². The van der Waals surface area contributed by atoms with E-state index < -0.39 is 44.9 Å². The van der Waals surface area contributed by atoms with Crippen LogP contribution < -0.4 is 4.31 Å². The number of hydrogen-bond acceptors (Lipinski definition) is 4. The van der Waals surface area contributed by atoms with Crippen molar-refractivity contribution in [1.29, 1.82) is 0 Å². The van der Waals surface area contributed by atoms with Gasteiger partial charge in [0, 0.05) is 12.6 Å². The molecule has 4 atom stereocenters. The second-order valence-corrected chi connectivity index (χ2v) is 10.3. The van der Waals surface area contributed by atoms with Crippen LogP contribution in [0.25, 0.3) is 0 Å². The first kappa shape index (κ1) is 21.6. The number of anilines is 1. The molecule has 2 fully saturated rings. The Labute approximate surface area is 180 Å². The molecule has 2 aromatic carbocycles. The molecule has 2 heterocycles. The summed E-state index contributed by atoms with van der Waals surface area (Å²) in [5.74, 6) is -0.583. The lowest BCUT2D eigenvalue weighted by Gasteiger charge is -2.48. The lowest BCUT2D eigenvalue weighted by atomic mass is 9.77. The van der Waals surface area contributed by atoms with Crippen LogP contribution in [0.15, 0.2) is 54.6 Å². The molecular formula is C22H25FN2O5S. The third-order valence-corrected chi connectivity index (χ3v) is 8.75. The van der Waals surface area contributed by atoms with Gasteiger partial charge in [-0.3, -0.25) is 4.31 Å². The molecular weight excluding hydrogens is 423 g/mol. The monoisotopic (exact) mass is 448 g/mol. The summed E-state index contributed by atoms with van der Waals surface area (Å²) in [6, 6.07) is 13.8. The van der Waals surface area contributed by atoms with Crippen LogP contribution in [0.4, 0.5) is 14.9 Å². The number of amides is 1. The van der Waals surface area contributed by atoms with Crippen molar-refractivity contribution in [2.24, 2.45) is 0 Å². The van der Waals surface area contributed by atoms with Gasteiger partial charge in [-0.15, -0.1) is 0 Å². The van der Waals surface area contributed by atoms with Crippen LogP contribution in [-0.4, -0.2) is 59.1 Å². The fraction of sp³-hybridized carbons (Fsp3) is 0.409. The Morgan fingerprint density at radius 2 is 1.90 bits per heavy atom. The Kier molecular flexibility index (Phi) is 5.43. The highest BCUT2D eigenvalue weighted by molar-refractivity contribution is 7.93. The van der Waals surface area contributed by atoms with Crippen LogP contribution in [0.5, 0.6) is 0 Å².